The molecule has 1 N–H and O–H groups in total. The number of aromatic nitrogens is 1. The summed E-state index contributed by atoms with van der Waals surface area (Å²) in [6.07, 6.45) is 0. The Balaban J connectivity index is 1.81. The van der Waals surface area contributed by atoms with Crippen molar-refractivity contribution in [2.45, 2.75) is 6.54 Å². The van der Waals surface area contributed by atoms with Crippen molar-refractivity contribution in [1.29, 1.82) is 0 Å². The number of para-hydroxylation sites is 1. The Hall–Kier alpha value is -3.28. The molecule has 0 unspecified atom stereocenters. The first-order valence-corrected chi connectivity index (χ1v) is 8.09. The normalized spacial score (nSPS) is 10.4. The number of carbonyl (C=O) groups excluding carboxylic acids is 1. The molecule has 2 aromatic carbocycles. The van der Waals surface area contributed by atoms with Crippen LogP contribution in [0, 0.1) is 0 Å². The second-order valence-corrected chi connectivity index (χ2v) is 5.59. The van der Waals surface area contributed by atoms with Gasteiger partial charge < -0.3 is 19.5 Å². The van der Waals surface area contributed by atoms with E-state index in [9.17, 15) is 4.79 Å². The van der Waals surface area contributed by atoms with Crippen molar-refractivity contribution in [2.24, 2.45) is 0 Å². The van der Waals surface area contributed by atoms with Crippen LogP contribution in [0.15, 0.2) is 48.5 Å². The van der Waals surface area contributed by atoms with Crippen LogP contribution in [0.25, 0.3) is 10.9 Å². The van der Waals surface area contributed by atoms with E-state index in [2.05, 4.69) is 10.3 Å². The number of methoxy groups -OCH3 is 3. The van der Waals surface area contributed by atoms with Crippen molar-refractivity contribution in [3.8, 4) is 17.2 Å². The molecule has 0 aliphatic rings. The van der Waals surface area contributed by atoms with Gasteiger partial charge in [0.05, 0.1) is 26.8 Å². The average Bonchev–Trinajstić information content (AvgIpc) is 2.70. The molecule has 134 valence electrons. The standard InChI is InChI=1S/C20H20N2O4/c1-24-14-9-8-13(18(10-14)25-2)12-21-20(23)17-11-19(26-3)15-6-4-5-7-16(15)22-17/h4-11H,12H2,1-3H3,(H,21,23). The van der Waals surface area contributed by atoms with Crippen LogP contribution in [0.4, 0.5) is 0 Å². The summed E-state index contributed by atoms with van der Waals surface area (Å²) in [5.41, 5.74) is 1.85. The molecule has 0 spiro atoms. The fourth-order valence-electron chi connectivity index (χ4n) is 2.69. The Morgan fingerprint density at radius 3 is 2.46 bits per heavy atom. The smallest absolute Gasteiger partial charge is 0.270 e. The molecule has 0 saturated carbocycles. The number of amides is 1. The Bertz CT molecular complexity index is 940. The lowest BCUT2D eigenvalue weighted by Gasteiger charge is -2.12. The lowest BCUT2D eigenvalue weighted by molar-refractivity contribution is 0.0945. The predicted octanol–water partition coefficient (Wildman–Crippen LogP) is 3.19. The summed E-state index contributed by atoms with van der Waals surface area (Å²) in [5.74, 6) is 1.67. The van der Waals surface area contributed by atoms with E-state index in [-0.39, 0.29) is 5.91 Å². The predicted molar refractivity (Wildman–Crippen MR) is 99.0 cm³/mol. The first kappa shape index (κ1) is 17.5. The second kappa shape index (κ2) is 7.74. The monoisotopic (exact) mass is 352 g/mol. The molecule has 1 heterocycles. The topological polar surface area (TPSA) is 69.7 Å². The highest BCUT2D eigenvalue weighted by molar-refractivity contribution is 5.97. The highest BCUT2D eigenvalue weighted by Crippen LogP contribution is 2.26. The van der Waals surface area contributed by atoms with E-state index in [0.29, 0.717) is 35.0 Å². The number of nitrogens with one attached hydrogen (secondary N) is 1. The summed E-state index contributed by atoms with van der Waals surface area (Å²) in [7, 11) is 4.75. The molecule has 0 aliphatic heterocycles. The minimum Gasteiger partial charge on any atom is -0.497 e. The molecule has 0 radical (unpaired) electrons. The van der Waals surface area contributed by atoms with E-state index in [1.54, 1.807) is 33.5 Å². The molecular weight excluding hydrogens is 332 g/mol. The van der Waals surface area contributed by atoms with Crippen LogP contribution in [0.3, 0.4) is 0 Å². The van der Waals surface area contributed by atoms with E-state index in [0.717, 1.165) is 10.9 Å². The van der Waals surface area contributed by atoms with Crippen LogP contribution >= 0.6 is 0 Å². The molecule has 6 nitrogen and oxygen atoms in total. The molecule has 0 fully saturated rings. The van der Waals surface area contributed by atoms with Crippen LogP contribution < -0.4 is 19.5 Å². The third-order valence-electron chi connectivity index (χ3n) is 4.06. The number of carbonyl (C=O) groups is 1. The quantitative estimate of drug-likeness (QED) is 0.738. The Kier molecular flexibility index (Phi) is 5.22. The van der Waals surface area contributed by atoms with Gasteiger partial charge in [-0.05, 0) is 24.3 Å². The molecule has 1 amide bonds. The number of pyridine rings is 1. The molecule has 26 heavy (non-hydrogen) atoms. The van der Waals surface area contributed by atoms with Crippen LogP contribution in [-0.4, -0.2) is 32.2 Å². The second-order valence-electron chi connectivity index (χ2n) is 5.59. The van der Waals surface area contributed by atoms with Crippen LogP contribution in [-0.2, 0) is 6.54 Å². The zero-order chi connectivity index (χ0) is 18.5. The zero-order valence-corrected chi connectivity index (χ0v) is 14.9. The van der Waals surface area contributed by atoms with Crippen molar-refractivity contribution in [3.05, 3.63) is 59.8 Å². The Morgan fingerprint density at radius 1 is 0.962 bits per heavy atom. The van der Waals surface area contributed by atoms with Crippen molar-refractivity contribution in [3.63, 3.8) is 0 Å². The SMILES string of the molecule is COc1ccc(CNC(=O)c2cc(OC)c3ccccc3n2)c(OC)c1. The van der Waals surface area contributed by atoms with Crippen LogP contribution in [0.2, 0.25) is 0 Å². The van der Waals surface area contributed by atoms with Gasteiger partial charge in [0, 0.05) is 29.6 Å². The van der Waals surface area contributed by atoms with Crippen LogP contribution in [0.1, 0.15) is 16.1 Å². The van der Waals surface area contributed by atoms with Gasteiger partial charge in [0.1, 0.15) is 22.9 Å². The first-order valence-electron chi connectivity index (χ1n) is 8.09. The third-order valence-corrected chi connectivity index (χ3v) is 4.06. The fourth-order valence-corrected chi connectivity index (χ4v) is 2.69. The van der Waals surface area contributed by atoms with Gasteiger partial charge in [-0.2, -0.15) is 0 Å². The zero-order valence-electron chi connectivity index (χ0n) is 14.9. The number of rotatable bonds is 6. The highest BCUT2D eigenvalue weighted by Gasteiger charge is 2.13. The van der Waals surface area contributed by atoms with Gasteiger partial charge in [0.25, 0.3) is 5.91 Å². The lowest BCUT2D eigenvalue weighted by Crippen LogP contribution is -2.24. The van der Waals surface area contributed by atoms with Gasteiger partial charge in [0.15, 0.2) is 0 Å². The summed E-state index contributed by atoms with van der Waals surface area (Å²) in [4.78, 5) is 17.0. The molecule has 6 heteroatoms. The van der Waals surface area contributed by atoms with Gasteiger partial charge >= 0.3 is 0 Å². The number of hydrogen-bond donors (Lipinski definition) is 1. The largest absolute Gasteiger partial charge is 0.497 e. The minimum absolute atomic E-state index is 0.285. The summed E-state index contributed by atoms with van der Waals surface area (Å²) < 4.78 is 15.9. The van der Waals surface area contributed by atoms with Crippen molar-refractivity contribution in [2.75, 3.05) is 21.3 Å². The molecule has 0 bridgehead atoms. The molecule has 3 rings (SSSR count). The highest BCUT2D eigenvalue weighted by atomic mass is 16.5. The lowest BCUT2D eigenvalue weighted by atomic mass is 10.1. The molecule has 3 aromatic rings. The molecule has 0 atom stereocenters. The van der Waals surface area contributed by atoms with E-state index in [1.807, 2.05) is 36.4 Å². The maximum absolute atomic E-state index is 12.6. The maximum Gasteiger partial charge on any atom is 0.270 e. The summed E-state index contributed by atoms with van der Waals surface area (Å²) in [5, 5.41) is 3.73. The summed E-state index contributed by atoms with van der Waals surface area (Å²) in [6.45, 7) is 0.308. The first-order chi connectivity index (χ1) is 12.7. The minimum atomic E-state index is -0.285. The molecule has 0 saturated heterocycles. The number of fused-ring (bicyclic) bond motifs is 1. The van der Waals surface area contributed by atoms with Gasteiger partial charge in [-0.3, -0.25) is 4.79 Å². The average molecular weight is 352 g/mol. The number of nitrogens with zero attached hydrogens (tertiary/aromatic N) is 1. The van der Waals surface area contributed by atoms with Gasteiger partial charge in [0.2, 0.25) is 0 Å². The Morgan fingerprint density at radius 2 is 1.73 bits per heavy atom. The van der Waals surface area contributed by atoms with Crippen molar-refractivity contribution in [1.82, 2.24) is 10.3 Å². The van der Waals surface area contributed by atoms with Crippen molar-refractivity contribution >= 4 is 16.8 Å². The van der Waals surface area contributed by atoms with Gasteiger partial charge in [-0.25, -0.2) is 4.98 Å². The van der Waals surface area contributed by atoms with E-state index in [1.165, 1.54) is 0 Å². The van der Waals surface area contributed by atoms with Gasteiger partial charge in [-0.1, -0.05) is 12.1 Å². The van der Waals surface area contributed by atoms with E-state index < -0.39 is 0 Å². The third kappa shape index (κ3) is 3.54. The van der Waals surface area contributed by atoms with E-state index >= 15 is 0 Å². The van der Waals surface area contributed by atoms with Gasteiger partial charge in [-0.15, -0.1) is 0 Å². The number of benzene rings is 2. The molecule has 0 aliphatic carbocycles. The maximum atomic E-state index is 12.6. The fraction of sp³-hybridized carbons (Fsp3) is 0.200. The molecule has 1 aromatic heterocycles. The molecular formula is C20H20N2O4. The Labute approximate surface area is 151 Å². The van der Waals surface area contributed by atoms with Crippen molar-refractivity contribution < 1.29 is 19.0 Å². The number of ether oxygens (including phenoxy) is 3. The summed E-state index contributed by atoms with van der Waals surface area (Å²) in [6, 6.07) is 14.6. The van der Waals surface area contributed by atoms with E-state index in [4.69, 9.17) is 14.2 Å². The summed E-state index contributed by atoms with van der Waals surface area (Å²) >= 11 is 0. The number of hydrogen-bond acceptors (Lipinski definition) is 5. The van der Waals surface area contributed by atoms with Crippen LogP contribution in [0.5, 0.6) is 17.2 Å².